The third-order valence-electron chi connectivity index (χ3n) is 4.05. The van der Waals surface area contributed by atoms with E-state index in [0.717, 1.165) is 16.9 Å². The fourth-order valence-corrected chi connectivity index (χ4v) is 2.63. The summed E-state index contributed by atoms with van der Waals surface area (Å²) in [5.74, 6) is 0. The molecule has 0 fully saturated rings. The zero-order valence-corrected chi connectivity index (χ0v) is 14.6. The fraction of sp³-hybridized carbons (Fsp3) is 0.158. The van der Waals surface area contributed by atoms with Crippen LogP contribution in [0, 0.1) is 20.8 Å². The molecule has 0 atom stereocenters. The molecule has 1 heterocycles. The minimum Gasteiger partial charge on any atom is -0.295 e. The number of halogens is 1. The van der Waals surface area contributed by atoms with Gasteiger partial charge in [-0.05, 0) is 56.2 Å². The SMILES string of the molecule is Cc1ccc(-n2[nH]c(C)c(C=Nc3ccccc3Cl)c2=O)cc1C. The lowest BCUT2D eigenvalue weighted by atomic mass is 10.1. The van der Waals surface area contributed by atoms with Crippen LogP contribution in [0.4, 0.5) is 5.69 Å². The van der Waals surface area contributed by atoms with Crippen molar-refractivity contribution >= 4 is 23.5 Å². The number of para-hydroxylation sites is 1. The molecular weight excluding hydrogens is 322 g/mol. The average Bonchev–Trinajstić information content (AvgIpc) is 2.84. The average molecular weight is 340 g/mol. The normalized spacial score (nSPS) is 11.3. The van der Waals surface area contributed by atoms with E-state index in [4.69, 9.17) is 11.6 Å². The van der Waals surface area contributed by atoms with Gasteiger partial charge in [0.25, 0.3) is 5.56 Å². The summed E-state index contributed by atoms with van der Waals surface area (Å²) in [5.41, 5.74) is 4.92. The van der Waals surface area contributed by atoms with Crippen LogP contribution in [-0.4, -0.2) is 16.0 Å². The van der Waals surface area contributed by atoms with Gasteiger partial charge in [0.1, 0.15) is 0 Å². The number of benzene rings is 2. The highest BCUT2D eigenvalue weighted by Crippen LogP contribution is 2.23. The summed E-state index contributed by atoms with van der Waals surface area (Å²) in [6.07, 6.45) is 1.56. The van der Waals surface area contributed by atoms with Crippen molar-refractivity contribution < 1.29 is 0 Å². The lowest BCUT2D eigenvalue weighted by molar-refractivity contribution is 0.833. The van der Waals surface area contributed by atoms with Gasteiger partial charge in [-0.25, -0.2) is 4.68 Å². The van der Waals surface area contributed by atoms with Crippen molar-refractivity contribution in [1.82, 2.24) is 9.78 Å². The Hall–Kier alpha value is -2.59. The summed E-state index contributed by atoms with van der Waals surface area (Å²) in [6, 6.07) is 13.2. The molecule has 0 spiro atoms. The van der Waals surface area contributed by atoms with Crippen molar-refractivity contribution in [3.8, 4) is 5.69 Å². The summed E-state index contributed by atoms with van der Waals surface area (Å²) in [7, 11) is 0. The van der Waals surface area contributed by atoms with Gasteiger partial charge in [0.2, 0.25) is 0 Å². The Kier molecular flexibility index (Phi) is 4.40. The fourth-order valence-electron chi connectivity index (χ4n) is 2.45. The van der Waals surface area contributed by atoms with Crippen LogP contribution >= 0.6 is 11.6 Å². The second-order valence-electron chi connectivity index (χ2n) is 5.77. The molecule has 0 aliphatic heterocycles. The summed E-state index contributed by atoms with van der Waals surface area (Å²) in [5, 5.41) is 3.66. The molecule has 24 heavy (non-hydrogen) atoms. The maximum Gasteiger partial charge on any atom is 0.280 e. The van der Waals surface area contributed by atoms with Gasteiger partial charge in [-0.2, -0.15) is 0 Å². The second-order valence-corrected chi connectivity index (χ2v) is 6.18. The van der Waals surface area contributed by atoms with E-state index in [1.807, 2.05) is 57.2 Å². The lowest BCUT2D eigenvalue weighted by Gasteiger charge is -2.05. The van der Waals surface area contributed by atoms with E-state index in [9.17, 15) is 4.79 Å². The number of aromatic nitrogens is 2. The topological polar surface area (TPSA) is 50.1 Å². The number of H-pyrrole nitrogens is 1. The molecule has 0 aliphatic carbocycles. The second kappa shape index (κ2) is 6.49. The molecule has 5 heteroatoms. The number of aliphatic imine (C=N–C) groups is 1. The van der Waals surface area contributed by atoms with E-state index < -0.39 is 0 Å². The predicted molar refractivity (Wildman–Crippen MR) is 99.3 cm³/mol. The van der Waals surface area contributed by atoms with Crippen molar-refractivity contribution in [2.75, 3.05) is 0 Å². The van der Waals surface area contributed by atoms with E-state index in [1.165, 1.54) is 10.2 Å². The van der Waals surface area contributed by atoms with E-state index >= 15 is 0 Å². The summed E-state index contributed by atoms with van der Waals surface area (Å²) >= 11 is 6.10. The Labute approximate surface area is 145 Å². The van der Waals surface area contributed by atoms with Crippen molar-refractivity contribution in [3.05, 3.63) is 80.2 Å². The van der Waals surface area contributed by atoms with Crippen LogP contribution in [0.25, 0.3) is 5.69 Å². The van der Waals surface area contributed by atoms with Gasteiger partial charge >= 0.3 is 0 Å². The van der Waals surface area contributed by atoms with Gasteiger partial charge in [0, 0.05) is 11.9 Å². The van der Waals surface area contributed by atoms with Gasteiger partial charge in [-0.1, -0.05) is 29.8 Å². The number of hydrogen-bond acceptors (Lipinski definition) is 2. The molecule has 4 nitrogen and oxygen atoms in total. The number of rotatable bonds is 3. The van der Waals surface area contributed by atoms with Gasteiger partial charge in [0.05, 0.1) is 22.0 Å². The number of hydrogen-bond donors (Lipinski definition) is 1. The molecule has 0 saturated carbocycles. The molecule has 2 aromatic carbocycles. The first kappa shape index (κ1) is 16.3. The number of nitrogens with one attached hydrogen (secondary N) is 1. The largest absolute Gasteiger partial charge is 0.295 e. The van der Waals surface area contributed by atoms with Crippen LogP contribution in [-0.2, 0) is 0 Å². The Morgan fingerprint density at radius 1 is 1.08 bits per heavy atom. The third kappa shape index (κ3) is 3.05. The van der Waals surface area contributed by atoms with E-state index in [0.29, 0.717) is 16.3 Å². The molecule has 1 N–H and O–H groups in total. The molecule has 0 radical (unpaired) electrons. The Morgan fingerprint density at radius 2 is 1.83 bits per heavy atom. The first-order valence-electron chi connectivity index (χ1n) is 7.65. The lowest BCUT2D eigenvalue weighted by Crippen LogP contribution is -2.17. The standard InChI is InChI=1S/C19H18ClN3O/c1-12-8-9-15(10-13(12)2)23-19(24)16(14(3)22-23)11-21-18-7-5-4-6-17(18)20/h4-11,22H,1-3H3. The van der Waals surface area contributed by atoms with E-state index in [-0.39, 0.29) is 5.56 Å². The Morgan fingerprint density at radius 3 is 2.54 bits per heavy atom. The maximum atomic E-state index is 12.7. The first-order chi connectivity index (χ1) is 11.5. The first-order valence-corrected chi connectivity index (χ1v) is 8.03. The maximum absolute atomic E-state index is 12.7. The van der Waals surface area contributed by atoms with Crippen molar-refractivity contribution in [1.29, 1.82) is 0 Å². The summed E-state index contributed by atoms with van der Waals surface area (Å²) < 4.78 is 1.54. The molecular formula is C19H18ClN3O. The quantitative estimate of drug-likeness (QED) is 0.702. The molecule has 122 valence electrons. The zero-order valence-electron chi connectivity index (χ0n) is 13.8. The minimum atomic E-state index is -0.133. The predicted octanol–water partition coefficient (Wildman–Crippen LogP) is 4.49. The van der Waals surface area contributed by atoms with Gasteiger partial charge in [-0.15, -0.1) is 0 Å². The summed E-state index contributed by atoms with van der Waals surface area (Å²) in [6.45, 7) is 5.93. The van der Waals surface area contributed by atoms with E-state index in [2.05, 4.69) is 10.1 Å². The molecule has 3 aromatic rings. The number of nitrogens with zero attached hydrogens (tertiary/aromatic N) is 2. The van der Waals surface area contributed by atoms with Crippen LogP contribution in [0.2, 0.25) is 5.02 Å². The highest BCUT2D eigenvalue weighted by atomic mass is 35.5. The van der Waals surface area contributed by atoms with Crippen LogP contribution in [0.15, 0.2) is 52.3 Å². The molecule has 0 bridgehead atoms. The van der Waals surface area contributed by atoms with Crippen LogP contribution in [0.3, 0.4) is 0 Å². The Balaban J connectivity index is 2.02. The number of aromatic amines is 1. The molecule has 0 unspecified atom stereocenters. The zero-order chi connectivity index (χ0) is 17.3. The molecule has 3 rings (SSSR count). The molecule has 0 saturated heterocycles. The Bertz CT molecular complexity index is 983. The minimum absolute atomic E-state index is 0.133. The smallest absolute Gasteiger partial charge is 0.280 e. The molecule has 0 aliphatic rings. The van der Waals surface area contributed by atoms with Crippen LogP contribution in [0.1, 0.15) is 22.4 Å². The van der Waals surface area contributed by atoms with Crippen molar-refractivity contribution in [3.63, 3.8) is 0 Å². The highest BCUT2D eigenvalue weighted by Gasteiger charge is 2.11. The monoisotopic (exact) mass is 339 g/mol. The van der Waals surface area contributed by atoms with Crippen molar-refractivity contribution in [2.24, 2.45) is 4.99 Å². The van der Waals surface area contributed by atoms with Gasteiger partial charge in [0.15, 0.2) is 0 Å². The van der Waals surface area contributed by atoms with E-state index in [1.54, 1.807) is 12.3 Å². The van der Waals surface area contributed by atoms with Crippen molar-refractivity contribution in [2.45, 2.75) is 20.8 Å². The molecule has 1 aromatic heterocycles. The summed E-state index contributed by atoms with van der Waals surface area (Å²) in [4.78, 5) is 17.0. The highest BCUT2D eigenvalue weighted by molar-refractivity contribution is 6.33. The number of aryl methyl sites for hydroxylation is 3. The third-order valence-corrected chi connectivity index (χ3v) is 4.37. The van der Waals surface area contributed by atoms with Gasteiger partial charge in [-0.3, -0.25) is 14.9 Å². The van der Waals surface area contributed by atoms with Crippen LogP contribution < -0.4 is 5.56 Å². The molecule has 0 amide bonds. The van der Waals surface area contributed by atoms with Gasteiger partial charge < -0.3 is 0 Å². The van der Waals surface area contributed by atoms with Crippen LogP contribution in [0.5, 0.6) is 0 Å².